The molecule has 0 bridgehead atoms. The summed E-state index contributed by atoms with van der Waals surface area (Å²) >= 11 is 1.07. The predicted molar refractivity (Wildman–Crippen MR) is 81.1 cm³/mol. The average molecular weight is 332 g/mol. The fraction of sp³-hybridized carbons (Fsp3) is 0.0625. The second-order valence-electron chi connectivity index (χ2n) is 4.54. The molecule has 0 spiro atoms. The van der Waals surface area contributed by atoms with Crippen molar-refractivity contribution in [2.75, 3.05) is 5.75 Å². The molecule has 116 valence electrons. The van der Waals surface area contributed by atoms with Gasteiger partial charge in [0.05, 0.1) is 17.6 Å². The van der Waals surface area contributed by atoms with E-state index in [2.05, 4.69) is 9.97 Å². The van der Waals surface area contributed by atoms with E-state index in [1.165, 1.54) is 6.26 Å². The molecule has 1 aromatic carbocycles. The monoisotopic (exact) mass is 332 g/mol. The van der Waals surface area contributed by atoms with E-state index >= 15 is 0 Å². The van der Waals surface area contributed by atoms with Crippen molar-refractivity contribution in [2.24, 2.45) is 0 Å². The summed E-state index contributed by atoms with van der Waals surface area (Å²) in [5.41, 5.74) is 0.439. The van der Waals surface area contributed by atoms with Crippen LogP contribution in [0.4, 0.5) is 8.78 Å². The Morgan fingerprint density at radius 2 is 2.09 bits per heavy atom. The van der Waals surface area contributed by atoms with Gasteiger partial charge in [-0.25, -0.2) is 18.7 Å². The molecule has 23 heavy (non-hydrogen) atoms. The van der Waals surface area contributed by atoms with E-state index in [0.29, 0.717) is 22.7 Å². The number of nitrogens with zero attached hydrogens (tertiary/aromatic N) is 2. The molecule has 0 amide bonds. The maximum atomic E-state index is 13.6. The van der Waals surface area contributed by atoms with Crippen molar-refractivity contribution in [3.8, 4) is 11.5 Å². The largest absolute Gasteiger partial charge is 0.463 e. The number of furan rings is 1. The molecule has 0 aliphatic heterocycles. The summed E-state index contributed by atoms with van der Waals surface area (Å²) in [6.07, 6.45) is 3.08. The molecule has 0 N–H and O–H groups in total. The molecular weight excluding hydrogens is 322 g/mol. The second kappa shape index (κ2) is 6.70. The number of halogens is 2. The molecule has 0 aliphatic carbocycles. The topological polar surface area (TPSA) is 56.0 Å². The molecule has 7 heteroatoms. The number of ketones is 1. The van der Waals surface area contributed by atoms with Crippen molar-refractivity contribution in [1.29, 1.82) is 0 Å². The quantitative estimate of drug-likeness (QED) is 0.402. The minimum Gasteiger partial charge on any atom is -0.463 e. The molecular formula is C16H10F2N2O2S. The Bertz CT molecular complexity index is 838. The van der Waals surface area contributed by atoms with Gasteiger partial charge in [-0.3, -0.25) is 4.79 Å². The highest BCUT2D eigenvalue weighted by atomic mass is 32.2. The molecule has 0 fully saturated rings. The molecule has 2 aromatic heterocycles. The van der Waals surface area contributed by atoms with Crippen LogP contribution in [0.2, 0.25) is 0 Å². The number of thioether (sulfide) groups is 1. The Morgan fingerprint density at radius 1 is 1.22 bits per heavy atom. The third-order valence-corrected chi connectivity index (χ3v) is 3.83. The van der Waals surface area contributed by atoms with Crippen molar-refractivity contribution in [3.05, 3.63) is 66.1 Å². The van der Waals surface area contributed by atoms with Crippen LogP contribution in [0.3, 0.4) is 0 Å². The minimum absolute atomic E-state index is 0.0514. The SMILES string of the molecule is O=C(CSc1nccc(-c2ccco2)n1)c1ccc(F)cc1F. The van der Waals surface area contributed by atoms with Crippen molar-refractivity contribution >= 4 is 17.5 Å². The first-order chi connectivity index (χ1) is 11.1. The van der Waals surface area contributed by atoms with E-state index in [0.717, 1.165) is 23.9 Å². The fourth-order valence-corrected chi connectivity index (χ4v) is 2.61. The van der Waals surface area contributed by atoms with Gasteiger partial charge in [0.2, 0.25) is 0 Å². The highest BCUT2D eigenvalue weighted by molar-refractivity contribution is 7.99. The predicted octanol–water partition coefficient (Wildman–Crippen LogP) is 3.99. The first-order valence-corrected chi connectivity index (χ1v) is 7.60. The van der Waals surface area contributed by atoms with Crippen molar-refractivity contribution in [1.82, 2.24) is 9.97 Å². The van der Waals surface area contributed by atoms with Crippen LogP contribution in [-0.4, -0.2) is 21.5 Å². The van der Waals surface area contributed by atoms with Gasteiger partial charge in [0.25, 0.3) is 0 Å². The van der Waals surface area contributed by atoms with E-state index in [1.54, 1.807) is 24.4 Å². The van der Waals surface area contributed by atoms with E-state index < -0.39 is 17.4 Å². The normalized spacial score (nSPS) is 10.7. The van der Waals surface area contributed by atoms with Gasteiger partial charge in [-0.2, -0.15) is 0 Å². The highest BCUT2D eigenvalue weighted by Gasteiger charge is 2.14. The van der Waals surface area contributed by atoms with Crippen molar-refractivity contribution in [2.45, 2.75) is 5.16 Å². The Hall–Kier alpha value is -2.54. The zero-order chi connectivity index (χ0) is 16.2. The number of carbonyl (C=O) groups is 1. The molecule has 0 aliphatic rings. The third kappa shape index (κ3) is 3.62. The van der Waals surface area contributed by atoms with E-state index in [-0.39, 0.29) is 11.3 Å². The minimum atomic E-state index is -0.874. The smallest absolute Gasteiger partial charge is 0.188 e. The molecule has 3 aromatic rings. The van der Waals surface area contributed by atoms with Gasteiger partial charge in [-0.1, -0.05) is 11.8 Å². The third-order valence-electron chi connectivity index (χ3n) is 2.97. The summed E-state index contributed by atoms with van der Waals surface area (Å²) in [7, 11) is 0. The lowest BCUT2D eigenvalue weighted by Gasteiger charge is -2.03. The lowest BCUT2D eigenvalue weighted by Crippen LogP contribution is -2.06. The van der Waals surface area contributed by atoms with Crippen LogP contribution in [0.1, 0.15) is 10.4 Å². The Labute approximate surface area is 134 Å². The van der Waals surface area contributed by atoms with Crippen LogP contribution in [0.5, 0.6) is 0 Å². The van der Waals surface area contributed by atoms with E-state index in [1.807, 2.05) is 0 Å². The van der Waals surface area contributed by atoms with Gasteiger partial charge in [-0.05, 0) is 30.3 Å². The average Bonchev–Trinajstić information content (AvgIpc) is 3.07. The fourth-order valence-electron chi connectivity index (χ4n) is 1.90. The summed E-state index contributed by atoms with van der Waals surface area (Å²) in [5.74, 6) is -1.52. The first kappa shape index (κ1) is 15.4. The molecule has 3 rings (SSSR count). The summed E-state index contributed by atoms with van der Waals surface area (Å²) < 4.78 is 31.7. The highest BCUT2D eigenvalue weighted by Crippen LogP contribution is 2.21. The van der Waals surface area contributed by atoms with Gasteiger partial charge in [0.1, 0.15) is 17.3 Å². The Kier molecular flexibility index (Phi) is 4.47. The molecule has 4 nitrogen and oxygen atoms in total. The summed E-state index contributed by atoms with van der Waals surface area (Å²) in [6.45, 7) is 0. The van der Waals surface area contributed by atoms with Crippen LogP contribution in [0.15, 0.2) is 58.4 Å². The van der Waals surface area contributed by atoms with Crippen LogP contribution in [0.25, 0.3) is 11.5 Å². The standard InChI is InChI=1S/C16H10F2N2O2S/c17-10-3-4-11(12(18)8-10)14(21)9-23-16-19-6-5-13(20-16)15-2-1-7-22-15/h1-8H,9H2. The number of benzene rings is 1. The molecule has 0 radical (unpaired) electrons. The number of hydrogen-bond acceptors (Lipinski definition) is 5. The van der Waals surface area contributed by atoms with Crippen LogP contribution in [0, 0.1) is 11.6 Å². The molecule has 0 saturated carbocycles. The van der Waals surface area contributed by atoms with Gasteiger partial charge in [0, 0.05) is 12.3 Å². The number of carbonyl (C=O) groups excluding carboxylic acids is 1. The molecule has 0 atom stereocenters. The summed E-state index contributed by atoms with van der Waals surface area (Å²) in [4.78, 5) is 20.3. The van der Waals surface area contributed by atoms with Gasteiger partial charge in [0.15, 0.2) is 16.7 Å². The number of rotatable bonds is 5. The maximum Gasteiger partial charge on any atom is 0.188 e. The van der Waals surface area contributed by atoms with Crippen LogP contribution in [-0.2, 0) is 0 Å². The molecule has 2 heterocycles. The molecule has 0 saturated heterocycles. The number of hydrogen-bond donors (Lipinski definition) is 0. The lowest BCUT2D eigenvalue weighted by atomic mass is 10.1. The van der Waals surface area contributed by atoms with Crippen LogP contribution < -0.4 is 0 Å². The second-order valence-corrected chi connectivity index (χ2v) is 5.48. The van der Waals surface area contributed by atoms with E-state index in [9.17, 15) is 13.6 Å². The Balaban J connectivity index is 1.71. The maximum absolute atomic E-state index is 13.6. The van der Waals surface area contributed by atoms with Gasteiger partial charge >= 0.3 is 0 Å². The Morgan fingerprint density at radius 3 is 2.83 bits per heavy atom. The molecule has 0 unspecified atom stereocenters. The summed E-state index contributed by atoms with van der Waals surface area (Å²) in [6, 6.07) is 8.06. The summed E-state index contributed by atoms with van der Waals surface area (Å²) in [5, 5.41) is 0.370. The zero-order valence-electron chi connectivity index (χ0n) is 11.7. The first-order valence-electron chi connectivity index (χ1n) is 6.61. The van der Waals surface area contributed by atoms with Gasteiger partial charge in [-0.15, -0.1) is 0 Å². The van der Waals surface area contributed by atoms with Gasteiger partial charge < -0.3 is 4.42 Å². The number of Topliss-reactive ketones (excluding diaryl/α,β-unsaturated/α-hetero) is 1. The van der Waals surface area contributed by atoms with Crippen LogP contribution >= 0.6 is 11.8 Å². The van der Waals surface area contributed by atoms with Crippen molar-refractivity contribution < 1.29 is 18.0 Å². The zero-order valence-corrected chi connectivity index (χ0v) is 12.5. The number of aromatic nitrogens is 2. The lowest BCUT2D eigenvalue weighted by molar-refractivity contribution is 0.101. The van der Waals surface area contributed by atoms with E-state index in [4.69, 9.17) is 4.42 Å². The van der Waals surface area contributed by atoms with Crippen molar-refractivity contribution in [3.63, 3.8) is 0 Å².